The number of aromatic nitrogens is 1. The van der Waals surface area contributed by atoms with Crippen molar-refractivity contribution in [1.82, 2.24) is 4.98 Å². The van der Waals surface area contributed by atoms with E-state index in [4.69, 9.17) is 11.6 Å². The number of H-pyrrole nitrogens is 1. The lowest BCUT2D eigenvalue weighted by Crippen LogP contribution is -2.14. The van der Waals surface area contributed by atoms with E-state index in [1.165, 1.54) is 25.7 Å². The maximum absolute atomic E-state index is 11.2. The number of aromatic carboxylic acids is 1. The molecule has 4 nitrogen and oxygen atoms in total. The Balaban J connectivity index is 1.75. The number of aromatic amines is 1. The molecule has 3 aromatic rings. The van der Waals surface area contributed by atoms with E-state index in [1.54, 1.807) is 6.07 Å². The summed E-state index contributed by atoms with van der Waals surface area (Å²) in [5.41, 5.74) is 5.07. The van der Waals surface area contributed by atoms with Crippen molar-refractivity contribution >= 4 is 34.2 Å². The lowest BCUT2D eigenvalue weighted by atomic mass is 10.0. The van der Waals surface area contributed by atoms with Crippen molar-refractivity contribution in [2.45, 2.75) is 38.6 Å². The number of halogens is 1. The van der Waals surface area contributed by atoms with Gasteiger partial charge in [-0.25, -0.2) is 4.79 Å². The largest absolute Gasteiger partial charge is 0.478 e. The maximum Gasteiger partial charge on any atom is 0.335 e. The van der Waals surface area contributed by atoms with Gasteiger partial charge in [0.05, 0.1) is 16.8 Å². The van der Waals surface area contributed by atoms with E-state index in [2.05, 4.69) is 16.4 Å². The number of aryl methyl sites for hydroxylation is 1. The molecule has 4 rings (SSSR count). The molecule has 1 fully saturated rings. The van der Waals surface area contributed by atoms with Crippen LogP contribution >= 0.6 is 11.6 Å². The molecule has 0 radical (unpaired) electrons. The highest BCUT2D eigenvalue weighted by molar-refractivity contribution is 6.32. The summed E-state index contributed by atoms with van der Waals surface area (Å²) >= 11 is 6.33. The Hall–Kier alpha value is -2.46. The van der Waals surface area contributed by atoms with E-state index in [0.29, 0.717) is 16.6 Å². The van der Waals surface area contributed by atoms with Gasteiger partial charge in [0.1, 0.15) is 0 Å². The number of fused-ring (bicyclic) bond motifs is 1. The second kappa shape index (κ2) is 6.69. The molecule has 1 heterocycles. The minimum absolute atomic E-state index is 0.330. The van der Waals surface area contributed by atoms with Gasteiger partial charge in [0.2, 0.25) is 0 Å². The molecular formula is C21H21ClN2O2. The van der Waals surface area contributed by atoms with Crippen LogP contribution in [0.3, 0.4) is 0 Å². The van der Waals surface area contributed by atoms with Gasteiger partial charge in [0.15, 0.2) is 0 Å². The summed E-state index contributed by atoms with van der Waals surface area (Å²) in [6, 6.07) is 11.9. The molecule has 0 atom stereocenters. The fourth-order valence-electron chi connectivity index (χ4n) is 3.84. The quantitative estimate of drug-likeness (QED) is 0.541. The minimum Gasteiger partial charge on any atom is -0.478 e. The zero-order valence-corrected chi connectivity index (χ0v) is 15.4. The third-order valence-corrected chi connectivity index (χ3v) is 5.39. The lowest BCUT2D eigenvalue weighted by molar-refractivity contribution is 0.0696. The van der Waals surface area contributed by atoms with Crippen molar-refractivity contribution in [1.29, 1.82) is 0 Å². The van der Waals surface area contributed by atoms with Crippen LogP contribution in [-0.4, -0.2) is 22.1 Å². The van der Waals surface area contributed by atoms with Gasteiger partial charge < -0.3 is 15.4 Å². The summed E-state index contributed by atoms with van der Waals surface area (Å²) in [7, 11) is 0. The summed E-state index contributed by atoms with van der Waals surface area (Å²) < 4.78 is 0. The summed E-state index contributed by atoms with van der Waals surface area (Å²) in [5, 5.41) is 14.6. The predicted octanol–water partition coefficient (Wildman–Crippen LogP) is 5.85. The normalized spacial score (nSPS) is 14.8. The SMILES string of the molecule is Cc1cc(-c2cc3cc(Cl)cc(NC4CCCC4)c3[nH]2)ccc1C(=O)O. The zero-order valence-electron chi connectivity index (χ0n) is 14.6. The third-order valence-electron chi connectivity index (χ3n) is 5.18. The lowest BCUT2D eigenvalue weighted by Gasteiger charge is -2.14. The van der Waals surface area contributed by atoms with Crippen LogP contribution in [0.15, 0.2) is 36.4 Å². The van der Waals surface area contributed by atoms with Crippen LogP contribution in [0, 0.1) is 6.92 Å². The van der Waals surface area contributed by atoms with Crippen LogP contribution in [0.1, 0.15) is 41.6 Å². The van der Waals surface area contributed by atoms with Crippen molar-refractivity contribution in [2.75, 3.05) is 5.32 Å². The molecule has 1 saturated carbocycles. The molecule has 0 bridgehead atoms. The molecular weight excluding hydrogens is 348 g/mol. The Bertz CT molecular complexity index is 987. The van der Waals surface area contributed by atoms with Crippen molar-refractivity contribution < 1.29 is 9.90 Å². The van der Waals surface area contributed by atoms with Gasteiger partial charge in [-0.3, -0.25) is 0 Å². The van der Waals surface area contributed by atoms with Crippen molar-refractivity contribution in [3.63, 3.8) is 0 Å². The third kappa shape index (κ3) is 3.17. The fourth-order valence-corrected chi connectivity index (χ4v) is 4.06. The van der Waals surface area contributed by atoms with Gasteiger partial charge in [0, 0.05) is 22.1 Å². The molecule has 0 unspecified atom stereocenters. The van der Waals surface area contributed by atoms with Crippen molar-refractivity contribution in [2.24, 2.45) is 0 Å². The van der Waals surface area contributed by atoms with Gasteiger partial charge in [-0.1, -0.05) is 30.5 Å². The number of carboxylic acids is 1. The van der Waals surface area contributed by atoms with Crippen LogP contribution in [0.4, 0.5) is 5.69 Å². The highest BCUT2D eigenvalue weighted by Crippen LogP contribution is 2.34. The smallest absolute Gasteiger partial charge is 0.335 e. The van der Waals surface area contributed by atoms with E-state index in [-0.39, 0.29) is 0 Å². The first-order valence-corrected chi connectivity index (χ1v) is 9.32. The first-order valence-electron chi connectivity index (χ1n) is 8.94. The topological polar surface area (TPSA) is 65.1 Å². The average molecular weight is 369 g/mol. The van der Waals surface area contributed by atoms with Gasteiger partial charge >= 0.3 is 5.97 Å². The van der Waals surface area contributed by atoms with Crippen molar-refractivity contribution in [3.05, 3.63) is 52.5 Å². The Kier molecular flexibility index (Phi) is 4.37. The Morgan fingerprint density at radius 1 is 1.19 bits per heavy atom. The monoisotopic (exact) mass is 368 g/mol. The molecule has 3 N–H and O–H groups in total. The summed E-state index contributed by atoms with van der Waals surface area (Å²) in [6.07, 6.45) is 4.92. The molecule has 1 aliphatic carbocycles. The number of anilines is 1. The number of rotatable bonds is 4. The van der Waals surface area contributed by atoms with Crippen LogP contribution in [-0.2, 0) is 0 Å². The van der Waals surface area contributed by atoms with Crippen LogP contribution in [0.2, 0.25) is 5.02 Å². The molecule has 0 saturated heterocycles. The Morgan fingerprint density at radius 3 is 2.65 bits per heavy atom. The summed E-state index contributed by atoms with van der Waals surface area (Å²) in [4.78, 5) is 14.7. The summed E-state index contributed by atoms with van der Waals surface area (Å²) in [5.74, 6) is -0.902. The Labute approximate surface area is 157 Å². The second-order valence-electron chi connectivity index (χ2n) is 7.06. The van der Waals surface area contributed by atoms with E-state index >= 15 is 0 Å². The number of hydrogen-bond donors (Lipinski definition) is 3. The summed E-state index contributed by atoms with van der Waals surface area (Å²) in [6.45, 7) is 1.82. The highest BCUT2D eigenvalue weighted by atomic mass is 35.5. The number of carbonyl (C=O) groups is 1. The number of nitrogens with one attached hydrogen (secondary N) is 2. The molecule has 1 aromatic heterocycles. The van der Waals surface area contributed by atoms with Crippen LogP contribution < -0.4 is 5.32 Å². The first-order chi connectivity index (χ1) is 12.5. The minimum atomic E-state index is -0.902. The number of carboxylic acid groups (broad SMARTS) is 1. The molecule has 0 spiro atoms. The van der Waals surface area contributed by atoms with Crippen LogP contribution in [0.25, 0.3) is 22.2 Å². The fraction of sp³-hybridized carbons (Fsp3) is 0.286. The van der Waals surface area contributed by atoms with Gasteiger partial charge in [-0.05, 0) is 61.2 Å². The molecule has 2 aromatic carbocycles. The van der Waals surface area contributed by atoms with E-state index < -0.39 is 5.97 Å². The highest BCUT2D eigenvalue weighted by Gasteiger charge is 2.17. The molecule has 5 heteroatoms. The van der Waals surface area contributed by atoms with Crippen molar-refractivity contribution in [3.8, 4) is 11.3 Å². The van der Waals surface area contributed by atoms with Gasteiger partial charge in [-0.15, -0.1) is 0 Å². The average Bonchev–Trinajstić information content (AvgIpc) is 3.23. The molecule has 0 aliphatic heterocycles. The standard InChI is InChI=1S/C21H21ClN2O2/c1-12-8-13(6-7-17(12)21(25)26)18-10-14-9-15(22)11-19(20(14)24-18)23-16-4-2-3-5-16/h6-11,16,23-24H,2-5H2,1H3,(H,25,26). The van der Waals surface area contributed by atoms with Crippen LogP contribution in [0.5, 0.6) is 0 Å². The Morgan fingerprint density at radius 2 is 1.96 bits per heavy atom. The molecule has 134 valence electrons. The van der Waals surface area contributed by atoms with E-state index in [9.17, 15) is 9.90 Å². The molecule has 0 amide bonds. The first kappa shape index (κ1) is 17.0. The van der Waals surface area contributed by atoms with Gasteiger partial charge in [0.25, 0.3) is 0 Å². The number of hydrogen-bond acceptors (Lipinski definition) is 2. The zero-order chi connectivity index (χ0) is 18.3. The second-order valence-corrected chi connectivity index (χ2v) is 7.50. The number of benzene rings is 2. The maximum atomic E-state index is 11.2. The van der Waals surface area contributed by atoms with E-state index in [1.807, 2.05) is 31.2 Å². The molecule has 1 aliphatic rings. The van der Waals surface area contributed by atoms with E-state index in [0.717, 1.165) is 33.4 Å². The van der Waals surface area contributed by atoms with Gasteiger partial charge in [-0.2, -0.15) is 0 Å². The molecule has 26 heavy (non-hydrogen) atoms. The predicted molar refractivity (Wildman–Crippen MR) is 106 cm³/mol.